The van der Waals surface area contributed by atoms with Crippen LogP contribution in [-0.4, -0.2) is 5.91 Å². The first-order valence-corrected chi connectivity index (χ1v) is 6.65. The van der Waals surface area contributed by atoms with Crippen LogP contribution < -0.4 is 11.1 Å². The van der Waals surface area contributed by atoms with E-state index >= 15 is 0 Å². The lowest BCUT2D eigenvalue weighted by Crippen LogP contribution is -2.13. The lowest BCUT2D eigenvalue weighted by atomic mass is 10.2. The zero-order valence-electron chi connectivity index (χ0n) is 9.28. The second-order valence-corrected chi connectivity index (χ2v) is 5.18. The van der Waals surface area contributed by atoms with Crippen molar-refractivity contribution >= 4 is 51.5 Å². The average Bonchev–Trinajstić information content (AvgIpc) is 2.35. The van der Waals surface area contributed by atoms with Crippen LogP contribution in [0.3, 0.4) is 0 Å². The van der Waals surface area contributed by atoms with Gasteiger partial charge in [-0.3, -0.25) is 4.79 Å². The third-order valence-electron chi connectivity index (χ3n) is 2.40. The maximum Gasteiger partial charge on any atom is 0.257 e. The first kappa shape index (κ1) is 13.2. The van der Waals surface area contributed by atoms with E-state index in [4.69, 9.17) is 17.3 Å². The summed E-state index contributed by atoms with van der Waals surface area (Å²) >= 11 is 8.16. The summed E-state index contributed by atoms with van der Waals surface area (Å²) in [7, 11) is 0. The number of benzene rings is 2. The van der Waals surface area contributed by atoms with Crippen molar-refractivity contribution in [2.24, 2.45) is 0 Å². The number of para-hydroxylation sites is 1. The van der Waals surface area contributed by atoms with Gasteiger partial charge in [0.1, 0.15) is 0 Å². The molecule has 0 fully saturated rings. The van der Waals surface area contributed by atoms with Crippen molar-refractivity contribution in [3.63, 3.8) is 0 Å². The average molecular weight is 373 g/mol. The highest BCUT2D eigenvalue weighted by Crippen LogP contribution is 2.25. The van der Waals surface area contributed by atoms with Gasteiger partial charge in [-0.25, -0.2) is 0 Å². The largest absolute Gasteiger partial charge is 0.398 e. The van der Waals surface area contributed by atoms with Crippen molar-refractivity contribution < 1.29 is 4.79 Å². The molecule has 0 aliphatic heterocycles. The van der Waals surface area contributed by atoms with E-state index in [2.05, 4.69) is 27.9 Å². The molecule has 0 aliphatic rings. The topological polar surface area (TPSA) is 55.1 Å². The minimum Gasteiger partial charge on any atom is -0.398 e. The Morgan fingerprint density at radius 1 is 1.17 bits per heavy atom. The highest BCUT2D eigenvalue weighted by atomic mass is 127. The van der Waals surface area contributed by atoms with Crippen LogP contribution in [0.2, 0.25) is 5.02 Å². The molecule has 3 nitrogen and oxygen atoms in total. The van der Waals surface area contributed by atoms with E-state index in [0.29, 0.717) is 11.3 Å². The first-order chi connectivity index (χ1) is 8.59. The van der Waals surface area contributed by atoms with Crippen molar-refractivity contribution in [1.29, 1.82) is 0 Å². The monoisotopic (exact) mass is 372 g/mol. The normalized spacial score (nSPS) is 10.1. The SMILES string of the molecule is Nc1cccc(C(=O)Nc2ccccc2I)c1Cl. The van der Waals surface area contributed by atoms with Crippen molar-refractivity contribution in [3.05, 3.63) is 56.6 Å². The summed E-state index contributed by atoms with van der Waals surface area (Å²) in [6.07, 6.45) is 0. The molecule has 0 unspecified atom stereocenters. The lowest BCUT2D eigenvalue weighted by Gasteiger charge is -2.09. The third kappa shape index (κ3) is 2.76. The van der Waals surface area contributed by atoms with Crippen LogP contribution in [0.4, 0.5) is 11.4 Å². The Hall–Kier alpha value is -1.27. The summed E-state index contributed by atoms with van der Waals surface area (Å²) in [5, 5.41) is 3.09. The molecule has 0 aromatic heterocycles. The quantitative estimate of drug-likeness (QED) is 0.623. The van der Waals surface area contributed by atoms with E-state index in [0.717, 1.165) is 9.26 Å². The maximum atomic E-state index is 12.1. The van der Waals surface area contributed by atoms with Gasteiger partial charge in [-0.05, 0) is 46.9 Å². The molecule has 18 heavy (non-hydrogen) atoms. The lowest BCUT2D eigenvalue weighted by molar-refractivity contribution is 0.102. The van der Waals surface area contributed by atoms with Crippen molar-refractivity contribution in [1.82, 2.24) is 0 Å². The predicted molar refractivity (Wildman–Crippen MR) is 83.0 cm³/mol. The molecule has 0 heterocycles. The zero-order chi connectivity index (χ0) is 13.1. The molecule has 0 saturated heterocycles. The van der Waals surface area contributed by atoms with Gasteiger partial charge < -0.3 is 11.1 Å². The number of rotatable bonds is 2. The molecular weight excluding hydrogens is 363 g/mol. The van der Waals surface area contributed by atoms with E-state index in [9.17, 15) is 4.79 Å². The van der Waals surface area contributed by atoms with Crippen LogP contribution in [0.15, 0.2) is 42.5 Å². The van der Waals surface area contributed by atoms with Gasteiger partial charge >= 0.3 is 0 Å². The molecule has 5 heteroatoms. The standard InChI is InChI=1S/C13H10ClIN2O/c14-12-8(4-3-6-10(12)16)13(18)17-11-7-2-1-5-9(11)15/h1-7H,16H2,(H,17,18). The molecule has 0 spiro atoms. The fourth-order valence-electron chi connectivity index (χ4n) is 1.48. The first-order valence-electron chi connectivity index (χ1n) is 5.19. The number of carbonyl (C=O) groups excluding carboxylic acids is 1. The predicted octanol–water partition coefficient (Wildman–Crippen LogP) is 3.78. The second kappa shape index (κ2) is 5.58. The van der Waals surface area contributed by atoms with Crippen molar-refractivity contribution in [3.8, 4) is 0 Å². The Morgan fingerprint density at radius 2 is 1.89 bits per heavy atom. The number of hydrogen-bond acceptors (Lipinski definition) is 2. The summed E-state index contributed by atoms with van der Waals surface area (Å²) in [5.74, 6) is -0.267. The van der Waals surface area contributed by atoms with E-state index in [1.165, 1.54) is 0 Å². The summed E-state index contributed by atoms with van der Waals surface area (Å²) in [5.41, 5.74) is 7.19. The third-order valence-corrected chi connectivity index (χ3v) is 3.76. The number of nitrogen functional groups attached to an aromatic ring is 1. The number of anilines is 2. The second-order valence-electron chi connectivity index (χ2n) is 3.64. The number of amides is 1. The Balaban J connectivity index is 2.28. The molecule has 0 radical (unpaired) electrons. The van der Waals surface area contributed by atoms with Crippen LogP contribution in [0.5, 0.6) is 0 Å². The highest BCUT2D eigenvalue weighted by Gasteiger charge is 2.13. The van der Waals surface area contributed by atoms with E-state index < -0.39 is 0 Å². The molecule has 92 valence electrons. The fourth-order valence-corrected chi connectivity index (χ4v) is 2.21. The molecule has 0 bridgehead atoms. The number of halogens is 2. The summed E-state index contributed by atoms with van der Waals surface area (Å²) < 4.78 is 0.962. The molecule has 0 aliphatic carbocycles. The Bertz CT molecular complexity index is 601. The van der Waals surface area contributed by atoms with E-state index in [1.54, 1.807) is 18.2 Å². The Labute approximate surface area is 123 Å². The molecule has 2 aromatic rings. The highest BCUT2D eigenvalue weighted by molar-refractivity contribution is 14.1. The molecule has 0 saturated carbocycles. The molecule has 3 N–H and O–H groups in total. The van der Waals surface area contributed by atoms with Gasteiger partial charge in [-0.1, -0.05) is 29.8 Å². The number of nitrogens with one attached hydrogen (secondary N) is 1. The number of hydrogen-bond donors (Lipinski definition) is 2. The molecule has 0 atom stereocenters. The van der Waals surface area contributed by atoms with Crippen molar-refractivity contribution in [2.75, 3.05) is 11.1 Å². The maximum absolute atomic E-state index is 12.1. The van der Waals surface area contributed by atoms with Crippen LogP contribution in [0.1, 0.15) is 10.4 Å². The van der Waals surface area contributed by atoms with E-state index in [1.807, 2.05) is 24.3 Å². The molecule has 1 amide bonds. The fraction of sp³-hybridized carbons (Fsp3) is 0. The van der Waals surface area contributed by atoms with Crippen LogP contribution in [0, 0.1) is 3.57 Å². The van der Waals surface area contributed by atoms with Gasteiger partial charge in [0, 0.05) is 3.57 Å². The summed E-state index contributed by atoms with van der Waals surface area (Å²) in [4.78, 5) is 12.1. The van der Waals surface area contributed by atoms with Gasteiger partial charge in [0.05, 0.1) is 22.0 Å². The van der Waals surface area contributed by atoms with Gasteiger partial charge in [-0.15, -0.1) is 0 Å². The Morgan fingerprint density at radius 3 is 2.61 bits per heavy atom. The van der Waals surface area contributed by atoms with Gasteiger partial charge in [0.25, 0.3) is 5.91 Å². The van der Waals surface area contributed by atoms with Crippen LogP contribution in [-0.2, 0) is 0 Å². The molecule has 2 aromatic carbocycles. The number of carbonyl (C=O) groups is 1. The number of nitrogens with two attached hydrogens (primary N) is 1. The van der Waals surface area contributed by atoms with Crippen LogP contribution in [0.25, 0.3) is 0 Å². The van der Waals surface area contributed by atoms with Gasteiger partial charge in [0.2, 0.25) is 0 Å². The van der Waals surface area contributed by atoms with E-state index in [-0.39, 0.29) is 10.9 Å². The summed E-state index contributed by atoms with van der Waals surface area (Å²) in [6, 6.07) is 12.5. The molecular formula is C13H10ClIN2O. The van der Waals surface area contributed by atoms with Crippen LogP contribution >= 0.6 is 34.2 Å². The van der Waals surface area contributed by atoms with Crippen molar-refractivity contribution in [2.45, 2.75) is 0 Å². The zero-order valence-corrected chi connectivity index (χ0v) is 12.2. The summed E-state index contributed by atoms with van der Waals surface area (Å²) in [6.45, 7) is 0. The minimum atomic E-state index is -0.267. The van der Waals surface area contributed by atoms with Gasteiger partial charge in [0.15, 0.2) is 0 Å². The molecule has 2 rings (SSSR count). The van der Waals surface area contributed by atoms with Gasteiger partial charge in [-0.2, -0.15) is 0 Å². The smallest absolute Gasteiger partial charge is 0.257 e. The minimum absolute atomic E-state index is 0.267. The Kier molecular flexibility index (Phi) is 4.08.